The molecule has 0 bridgehead atoms. The molecule has 2 aliphatic heterocycles. The van der Waals surface area contributed by atoms with E-state index in [0.717, 1.165) is 38.3 Å². The fraction of sp³-hybridized carbons (Fsp3) is 1.00. The van der Waals surface area contributed by atoms with Crippen molar-refractivity contribution in [2.45, 2.75) is 64.3 Å². The van der Waals surface area contributed by atoms with Gasteiger partial charge in [-0.05, 0) is 52.6 Å². The Morgan fingerprint density at radius 3 is 2.58 bits per heavy atom. The first-order valence-electron chi connectivity index (χ1n) is 8.05. The normalized spacial score (nSPS) is 28.6. The second-order valence-electron chi connectivity index (χ2n) is 5.58. The van der Waals surface area contributed by atoms with E-state index in [-0.39, 0.29) is 6.29 Å². The number of nitrogens with one attached hydrogen (secondary N) is 1. The van der Waals surface area contributed by atoms with E-state index in [4.69, 9.17) is 9.47 Å². The summed E-state index contributed by atoms with van der Waals surface area (Å²) in [6, 6.07) is 1.46. The van der Waals surface area contributed by atoms with Crippen molar-refractivity contribution in [3.63, 3.8) is 0 Å². The van der Waals surface area contributed by atoms with Gasteiger partial charge in [0.2, 0.25) is 0 Å². The second kappa shape index (κ2) is 8.20. The summed E-state index contributed by atoms with van der Waals surface area (Å²) < 4.78 is 11.3. The van der Waals surface area contributed by atoms with E-state index in [1.165, 1.54) is 38.8 Å². The summed E-state index contributed by atoms with van der Waals surface area (Å²) in [6.07, 6.45) is 6.36. The van der Waals surface area contributed by atoms with Crippen LogP contribution in [-0.2, 0) is 9.47 Å². The first-order chi connectivity index (χ1) is 9.35. The molecule has 2 aliphatic rings. The third kappa shape index (κ3) is 4.42. The first kappa shape index (κ1) is 15.2. The van der Waals surface area contributed by atoms with E-state index >= 15 is 0 Å². The van der Waals surface area contributed by atoms with Crippen LogP contribution in [0.3, 0.4) is 0 Å². The molecule has 2 unspecified atom stereocenters. The molecule has 1 N–H and O–H groups in total. The van der Waals surface area contributed by atoms with Crippen LogP contribution in [-0.4, -0.2) is 56.1 Å². The van der Waals surface area contributed by atoms with Gasteiger partial charge in [-0.3, -0.25) is 4.90 Å². The number of likely N-dealkylation sites (tertiary alicyclic amines) is 1. The molecule has 2 atom stereocenters. The van der Waals surface area contributed by atoms with Gasteiger partial charge >= 0.3 is 0 Å². The van der Waals surface area contributed by atoms with Gasteiger partial charge in [-0.15, -0.1) is 0 Å². The van der Waals surface area contributed by atoms with Crippen molar-refractivity contribution >= 4 is 0 Å². The molecule has 19 heavy (non-hydrogen) atoms. The molecule has 4 heteroatoms. The lowest BCUT2D eigenvalue weighted by Crippen LogP contribution is -2.44. The Morgan fingerprint density at radius 2 is 1.95 bits per heavy atom. The summed E-state index contributed by atoms with van der Waals surface area (Å²) in [5.41, 5.74) is 0. The molecular weight excluding hydrogens is 240 g/mol. The van der Waals surface area contributed by atoms with Gasteiger partial charge in [0.05, 0.1) is 0 Å². The maximum absolute atomic E-state index is 5.64. The predicted octanol–water partition coefficient (Wildman–Crippen LogP) is 1.99. The monoisotopic (exact) mass is 270 g/mol. The Hall–Kier alpha value is -0.160. The lowest BCUT2D eigenvalue weighted by atomic mass is 10.0. The molecule has 2 fully saturated rings. The molecule has 2 heterocycles. The highest BCUT2D eigenvalue weighted by Crippen LogP contribution is 2.25. The van der Waals surface area contributed by atoms with Crippen molar-refractivity contribution in [1.29, 1.82) is 0 Å². The standard InChI is InChI=1S/C15H30N2O2/c1-3-18-15(19-4-2)9-12-17-11-6-8-14(17)13-7-5-10-16-13/h13-16H,3-12H2,1-2H3. The Bertz CT molecular complexity index is 238. The molecule has 0 aromatic heterocycles. The maximum atomic E-state index is 5.64. The topological polar surface area (TPSA) is 33.7 Å². The first-order valence-corrected chi connectivity index (χ1v) is 8.05. The lowest BCUT2D eigenvalue weighted by molar-refractivity contribution is -0.142. The highest BCUT2D eigenvalue weighted by Gasteiger charge is 2.33. The molecule has 0 radical (unpaired) electrons. The molecule has 2 saturated heterocycles. The van der Waals surface area contributed by atoms with Gasteiger partial charge in [0.15, 0.2) is 6.29 Å². The summed E-state index contributed by atoms with van der Waals surface area (Å²) in [6.45, 7) is 9.09. The van der Waals surface area contributed by atoms with Gasteiger partial charge in [-0.1, -0.05) is 0 Å². The third-order valence-corrected chi connectivity index (χ3v) is 4.33. The molecule has 0 saturated carbocycles. The van der Waals surface area contributed by atoms with Gasteiger partial charge in [0.25, 0.3) is 0 Å². The Balaban J connectivity index is 1.76. The molecule has 2 rings (SSSR count). The van der Waals surface area contributed by atoms with Crippen molar-refractivity contribution < 1.29 is 9.47 Å². The summed E-state index contributed by atoms with van der Waals surface area (Å²) in [7, 11) is 0. The van der Waals surface area contributed by atoms with Crippen molar-refractivity contribution in [1.82, 2.24) is 10.2 Å². The summed E-state index contributed by atoms with van der Waals surface area (Å²) in [5, 5.41) is 3.66. The average Bonchev–Trinajstić information content (AvgIpc) is 3.07. The molecule has 0 aliphatic carbocycles. The number of hydrogen-bond acceptors (Lipinski definition) is 4. The van der Waals surface area contributed by atoms with E-state index in [1.807, 2.05) is 13.8 Å². The second-order valence-corrected chi connectivity index (χ2v) is 5.58. The van der Waals surface area contributed by atoms with Crippen molar-refractivity contribution in [2.75, 3.05) is 32.8 Å². The third-order valence-electron chi connectivity index (χ3n) is 4.33. The van der Waals surface area contributed by atoms with E-state index in [1.54, 1.807) is 0 Å². The SMILES string of the molecule is CCOC(CCN1CCCC1C1CCCN1)OCC. The van der Waals surface area contributed by atoms with Crippen molar-refractivity contribution in [3.8, 4) is 0 Å². The van der Waals surface area contributed by atoms with Crippen LogP contribution >= 0.6 is 0 Å². The van der Waals surface area contributed by atoms with Crippen LogP contribution in [0.1, 0.15) is 46.0 Å². The Kier molecular flexibility index (Phi) is 6.57. The van der Waals surface area contributed by atoms with E-state index in [2.05, 4.69) is 10.2 Å². The van der Waals surface area contributed by atoms with Gasteiger partial charge in [0.1, 0.15) is 0 Å². The molecular formula is C15H30N2O2. The maximum Gasteiger partial charge on any atom is 0.158 e. The number of ether oxygens (including phenoxy) is 2. The summed E-state index contributed by atoms with van der Waals surface area (Å²) in [5.74, 6) is 0. The van der Waals surface area contributed by atoms with Crippen LogP contribution in [0.5, 0.6) is 0 Å². The molecule has 0 spiro atoms. The van der Waals surface area contributed by atoms with Crippen LogP contribution in [0.25, 0.3) is 0 Å². The smallest absolute Gasteiger partial charge is 0.158 e. The lowest BCUT2D eigenvalue weighted by Gasteiger charge is -2.30. The quantitative estimate of drug-likeness (QED) is 0.684. The van der Waals surface area contributed by atoms with E-state index in [0.29, 0.717) is 0 Å². The predicted molar refractivity (Wildman–Crippen MR) is 77.3 cm³/mol. The largest absolute Gasteiger partial charge is 0.353 e. The number of nitrogens with zero attached hydrogens (tertiary/aromatic N) is 1. The minimum absolute atomic E-state index is 0.0206. The van der Waals surface area contributed by atoms with Gasteiger partial charge < -0.3 is 14.8 Å². The molecule has 112 valence electrons. The number of hydrogen-bond donors (Lipinski definition) is 1. The minimum Gasteiger partial charge on any atom is -0.353 e. The molecule has 0 aromatic rings. The van der Waals surface area contributed by atoms with Crippen LogP contribution in [0.4, 0.5) is 0 Å². The fourth-order valence-electron chi connectivity index (χ4n) is 3.48. The van der Waals surface area contributed by atoms with Crippen molar-refractivity contribution in [2.24, 2.45) is 0 Å². The Morgan fingerprint density at radius 1 is 1.16 bits per heavy atom. The van der Waals surface area contributed by atoms with Crippen LogP contribution < -0.4 is 5.32 Å². The number of rotatable bonds is 8. The Labute approximate surface area is 117 Å². The fourth-order valence-corrected chi connectivity index (χ4v) is 3.48. The van der Waals surface area contributed by atoms with Crippen LogP contribution in [0.2, 0.25) is 0 Å². The van der Waals surface area contributed by atoms with Crippen LogP contribution in [0, 0.1) is 0 Å². The van der Waals surface area contributed by atoms with Gasteiger partial charge in [-0.2, -0.15) is 0 Å². The zero-order valence-corrected chi connectivity index (χ0v) is 12.6. The molecule has 4 nitrogen and oxygen atoms in total. The summed E-state index contributed by atoms with van der Waals surface area (Å²) in [4.78, 5) is 2.65. The average molecular weight is 270 g/mol. The van der Waals surface area contributed by atoms with Crippen molar-refractivity contribution in [3.05, 3.63) is 0 Å². The molecule has 0 aromatic carbocycles. The van der Waals surface area contributed by atoms with Gasteiger partial charge in [0, 0.05) is 38.3 Å². The summed E-state index contributed by atoms with van der Waals surface area (Å²) >= 11 is 0. The zero-order chi connectivity index (χ0) is 13.5. The highest BCUT2D eigenvalue weighted by atomic mass is 16.7. The van der Waals surface area contributed by atoms with Crippen LogP contribution in [0.15, 0.2) is 0 Å². The van der Waals surface area contributed by atoms with E-state index in [9.17, 15) is 0 Å². The zero-order valence-electron chi connectivity index (χ0n) is 12.6. The minimum atomic E-state index is -0.0206. The van der Waals surface area contributed by atoms with Gasteiger partial charge in [-0.25, -0.2) is 0 Å². The molecule has 0 amide bonds. The van der Waals surface area contributed by atoms with E-state index < -0.39 is 0 Å². The highest BCUT2D eigenvalue weighted by molar-refractivity contribution is 4.91.